The van der Waals surface area contributed by atoms with Crippen LogP contribution >= 0.6 is 11.6 Å². The summed E-state index contributed by atoms with van der Waals surface area (Å²) in [5.74, 6) is -1.23. The Bertz CT molecular complexity index is 482. The Balaban J connectivity index is 2.08. The topological polar surface area (TPSA) is 75.6 Å². The molecule has 0 spiro atoms. The minimum atomic E-state index is -0.974. The summed E-state index contributed by atoms with van der Waals surface area (Å²) in [7, 11) is 0. The molecule has 1 fully saturated rings. The van der Waals surface area contributed by atoms with E-state index in [0.29, 0.717) is 23.6 Å². The van der Waals surface area contributed by atoms with Crippen LogP contribution in [-0.4, -0.2) is 29.7 Å². The number of amides is 1. The van der Waals surface area contributed by atoms with Crippen LogP contribution in [-0.2, 0) is 14.3 Å². The molecule has 6 heteroatoms. The summed E-state index contributed by atoms with van der Waals surface area (Å²) >= 11 is 5.81. The standard InChI is InChI=1S/C14H16ClNO4/c15-10-5-3-9(4-6-10)11(8-13(17)18)16-14(19)12-2-1-7-20-12/h3-6,11-12H,1-2,7-8H2,(H,16,19)(H,17,18)/t11-,12-/m0/s1. The van der Waals surface area contributed by atoms with Crippen molar-refractivity contribution in [2.45, 2.75) is 31.4 Å². The maximum atomic E-state index is 12.0. The lowest BCUT2D eigenvalue weighted by atomic mass is 10.0. The third-order valence-corrected chi connectivity index (χ3v) is 3.44. The minimum Gasteiger partial charge on any atom is -0.481 e. The van der Waals surface area contributed by atoms with Gasteiger partial charge in [-0.15, -0.1) is 0 Å². The van der Waals surface area contributed by atoms with E-state index in [1.165, 1.54) is 0 Å². The summed E-state index contributed by atoms with van der Waals surface area (Å²) in [5, 5.41) is 12.3. The van der Waals surface area contributed by atoms with Crippen molar-refractivity contribution in [2.24, 2.45) is 0 Å². The van der Waals surface area contributed by atoms with Crippen molar-refractivity contribution in [2.75, 3.05) is 6.61 Å². The first-order valence-electron chi connectivity index (χ1n) is 6.45. The zero-order chi connectivity index (χ0) is 14.5. The lowest BCUT2D eigenvalue weighted by molar-refractivity contribution is -0.138. The number of nitrogens with one attached hydrogen (secondary N) is 1. The van der Waals surface area contributed by atoms with Crippen LogP contribution in [0.5, 0.6) is 0 Å². The predicted octanol–water partition coefficient (Wildman–Crippen LogP) is 2.15. The zero-order valence-electron chi connectivity index (χ0n) is 10.8. The molecule has 0 unspecified atom stereocenters. The second kappa shape index (κ2) is 6.72. The zero-order valence-corrected chi connectivity index (χ0v) is 11.6. The normalized spacial score (nSPS) is 19.6. The molecule has 2 atom stereocenters. The quantitative estimate of drug-likeness (QED) is 0.873. The molecule has 108 valence electrons. The van der Waals surface area contributed by atoms with Gasteiger partial charge in [0.15, 0.2) is 0 Å². The molecule has 1 amide bonds. The van der Waals surface area contributed by atoms with E-state index < -0.39 is 18.1 Å². The van der Waals surface area contributed by atoms with Gasteiger partial charge in [0.05, 0.1) is 12.5 Å². The Morgan fingerprint density at radius 1 is 1.40 bits per heavy atom. The van der Waals surface area contributed by atoms with E-state index in [9.17, 15) is 9.59 Å². The molecule has 20 heavy (non-hydrogen) atoms. The number of carbonyl (C=O) groups excluding carboxylic acids is 1. The van der Waals surface area contributed by atoms with Crippen molar-refractivity contribution in [3.8, 4) is 0 Å². The first-order chi connectivity index (χ1) is 9.56. The average molecular weight is 298 g/mol. The van der Waals surface area contributed by atoms with E-state index >= 15 is 0 Å². The monoisotopic (exact) mass is 297 g/mol. The highest BCUT2D eigenvalue weighted by Crippen LogP contribution is 2.21. The molecule has 2 N–H and O–H groups in total. The first kappa shape index (κ1) is 14.8. The summed E-state index contributed by atoms with van der Waals surface area (Å²) in [6, 6.07) is 6.19. The van der Waals surface area contributed by atoms with Crippen molar-refractivity contribution in [1.82, 2.24) is 5.32 Å². The van der Waals surface area contributed by atoms with E-state index in [4.69, 9.17) is 21.4 Å². The summed E-state index contributed by atoms with van der Waals surface area (Å²) in [5.41, 5.74) is 0.711. The maximum Gasteiger partial charge on any atom is 0.305 e. The largest absolute Gasteiger partial charge is 0.481 e. The third kappa shape index (κ3) is 3.95. The van der Waals surface area contributed by atoms with Gasteiger partial charge in [-0.2, -0.15) is 0 Å². The van der Waals surface area contributed by atoms with E-state index in [0.717, 1.165) is 6.42 Å². The molecular weight excluding hydrogens is 282 g/mol. The van der Waals surface area contributed by atoms with Crippen LogP contribution in [0, 0.1) is 0 Å². The highest BCUT2D eigenvalue weighted by atomic mass is 35.5. The molecule has 0 bridgehead atoms. The number of hydrogen-bond donors (Lipinski definition) is 2. The van der Waals surface area contributed by atoms with E-state index in [-0.39, 0.29) is 12.3 Å². The van der Waals surface area contributed by atoms with Gasteiger partial charge in [-0.3, -0.25) is 9.59 Å². The molecule has 1 aromatic carbocycles. The van der Waals surface area contributed by atoms with Crippen LogP contribution in [0.1, 0.15) is 30.9 Å². The van der Waals surface area contributed by atoms with Crippen LogP contribution < -0.4 is 5.32 Å². The van der Waals surface area contributed by atoms with Gasteiger partial charge in [-0.05, 0) is 30.5 Å². The van der Waals surface area contributed by atoms with Crippen molar-refractivity contribution in [3.63, 3.8) is 0 Å². The Hall–Kier alpha value is -1.59. The molecule has 0 aliphatic carbocycles. The van der Waals surface area contributed by atoms with Crippen molar-refractivity contribution in [3.05, 3.63) is 34.9 Å². The summed E-state index contributed by atoms with van der Waals surface area (Å²) in [4.78, 5) is 23.0. The molecule has 1 aromatic rings. The van der Waals surface area contributed by atoms with Crippen molar-refractivity contribution in [1.29, 1.82) is 0 Å². The van der Waals surface area contributed by atoms with E-state index in [1.54, 1.807) is 24.3 Å². The Morgan fingerprint density at radius 2 is 2.10 bits per heavy atom. The summed E-state index contributed by atoms with van der Waals surface area (Å²) in [6.45, 7) is 0.572. The lowest BCUT2D eigenvalue weighted by Gasteiger charge is -2.19. The van der Waals surface area contributed by atoms with Gasteiger partial charge >= 0.3 is 5.97 Å². The van der Waals surface area contributed by atoms with E-state index in [2.05, 4.69) is 5.32 Å². The third-order valence-electron chi connectivity index (χ3n) is 3.19. The summed E-state index contributed by atoms with van der Waals surface area (Å²) < 4.78 is 5.30. The number of aliphatic carboxylic acids is 1. The molecule has 0 saturated carbocycles. The van der Waals surface area contributed by atoms with Crippen molar-refractivity contribution < 1.29 is 19.4 Å². The van der Waals surface area contributed by atoms with Gasteiger partial charge in [0.25, 0.3) is 0 Å². The highest BCUT2D eigenvalue weighted by Gasteiger charge is 2.27. The fraction of sp³-hybridized carbons (Fsp3) is 0.429. The second-order valence-electron chi connectivity index (χ2n) is 4.71. The Kier molecular flexibility index (Phi) is 4.98. The first-order valence-corrected chi connectivity index (χ1v) is 6.83. The van der Waals surface area contributed by atoms with Gasteiger partial charge in [0.1, 0.15) is 6.10 Å². The number of carbonyl (C=O) groups is 2. The number of benzene rings is 1. The summed E-state index contributed by atoms with van der Waals surface area (Å²) in [6.07, 6.45) is 0.869. The fourth-order valence-electron chi connectivity index (χ4n) is 2.17. The van der Waals surface area contributed by atoms with Crippen LogP contribution in [0.25, 0.3) is 0 Å². The smallest absolute Gasteiger partial charge is 0.305 e. The van der Waals surface area contributed by atoms with Crippen LogP contribution in [0.3, 0.4) is 0 Å². The molecular formula is C14H16ClNO4. The van der Waals surface area contributed by atoms with Gasteiger partial charge in [-0.25, -0.2) is 0 Å². The number of rotatable bonds is 5. The average Bonchev–Trinajstić information content (AvgIpc) is 2.92. The molecule has 1 heterocycles. The van der Waals surface area contributed by atoms with Gasteiger partial charge in [0, 0.05) is 11.6 Å². The Morgan fingerprint density at radius 3 is 2.65 bits per heavy atom. The lowest BCUT2D eigenvalue weighted by Crippen LogP contribution is -2.37. The number of ether oxygens (including phenoxy) is 1. The van der Waals surface area contributed by atoms with E-state index in [1.807, 2.05) is 0 Å². The molecule has 0 radical (unpaired) electrons. The van der Waals surface area contributed by atoms with Gasteiger partial charge in [-0.1, -0.05) is 23.7 Å². The molecule has 1 aliphatic rings. The van der Waals surface area contributed by atoms with Crippen LogP contribution in [0.15, 0.2) is 24.3 Å². The van der Waals surface area contributed by atoms with Crippen LogP contribution in [0.2, 0.25) is 5.02 Å². The minimum absolute atomic E-state index is 0.180. The number of carboxylic acid groups (broad SMARTS) is 1. The number of carboxylic acids is 1. The van der Waals surface area contributed by atoms with Gasteiger partial charge in [0.2, 0.25) is 5.91 Å². The number of hydrogen-bond acceptors (Lipinski definition) is 3. The predicted molar refractivity (Wildman–Crippen MR) is 73.6 cm³/mol. The fourth-order valence-corrected chi connectivity index (χ4v) is 2.30. The molecule has 1 saturated heterocycles. The highest BCUT2D eigenvalue weighted by molar-refractivity contribution is 6.30. The van der Waals surface area contributed by atoms with Crippen molar-refractivity contribution >= 4 is 23.5 Å². The molecule has 5 nitrogen and oxygen atoms in total. The number of halogens is 1. The molecule has 0 aromatic heterocycles. The molecule has 2 rings (SSSR count). The molecule has 1 aliphatic heterocycles. The van der Waals surface area contributed by atoms with Crippen LogP contribution in [0.4, 0.5) is 0 Å². The van der Waals surface area contributed by atoms with Gasteiger partial charge < -0.3 is 15.2 Å². The Labute approximate surface area is 121 Å². The maximum absolute atomic E-state index is 12.0. The second-order valence-corrected chi connectivity index (χ2v) is 5.15. The SMILES string of the molecule is O=C(O)C[C@H](NC(=O)[C@@H]1CCCO1)c1ccc(Cl)cc1.